The van der Waals surface area contributed by atoms with Crippen LogP contribution in [0.5, 0.6) is 0 Å². The summed E-state index contributed by atoms with van der Waals surface area (Å²) in [5.74, 6) is 0. The third kappa shape index (κ3) is 9.50. The predicted octanol–water partition coefficient (Wildman–Crippen LogP) is 3.93. The Kier molecular flexibility index (Phi) is 12.6. The van der Waals surface area contributed by atoms with Gasteiger partial charge in [0.1, 0.15) is 6.20 Å². The molecule has 1 atom stereocenters. The molecule has 0 aromatic heterocycles. The van der Waals surface area contributed by atoms with Crippen molar-refractivity contribution in [3.63, 3.8) is 0 Å². The Labute approximate surface area is 119 Å². The molecule has 1 aliphatic rings. The molecule has 1 unspecified atom stereocenters. The lowest BCUT2D eigenvalue weighted by atomic mass is 10.1. The molecule has 0 fully saturated rings. The van der Waals surface area contributed by atoms with E-state index < -0.39 is 0 Å². The van der Waals surface area contributed by atoms with Gasteiger partial charge < -0.3 is 11.8 Å². The first-order valence-electron chi connectivity index (χ1n) is 7.83. The van der Waals surface area contributed by atoms with E-state index in [2.05, 4.69) is 32.3 Å². The standard InChI is InChI=1S/C16H29N.CN/c1-3-5-6-7-8-9-10-13-17-14-12-16(15-17)11-4-2;1-2/h12,14-15H,3-11,13H2,1-2H3;/q;-1/p+1. The lowest BCUT2D eigenvalue weighted by molar-refractivity contribution is -0.788. The summed E-state index contributed by atoms with van der Waals surface area (Å²) in [7, 11) is 0. The lowest BCUT2D eigenvalue weighted by Gasteiger charge is -2.06. The van der Waals surface area contributed by atoms with Gasteiger partial charge in [0.15, 0.2) is 0 Å². The second-order valence-electron chi connectivity index (χ2n) is 5.25. The van der Waals surface area contributed by atoms with E-state index in [1.165, 1.54) is 69.9 Å². The van der Waals surface area contributed by atoms with Crippen molar-refractivity contribution in [2.45, 2.75) is 71.6 Å². The summed E-state index contributed by atoms with van der Waals surface area (Å²) >= 11 is 0. The van der Waals surface area contributed by atoms with E-state index in [1.54, 1.807) is 4.90 Å². The van der Waals surface area contributed by atoms with Gasteiger partial charge in [-0.15, -0.1) is 0 Å². The molecule has 1 rings (SSSR count). The lowest BCUT2D eigenvalue weighted by Crippen LogP contribution is -3.01. The predicted molar refractivity (Wildman–Crippen MR) is 80.9 cm³/mol. The van der Waals surface area contributed by atoms with E-state index in [-0.39, 0.29) is 0 Å². The fraction of sp³-hybridized carbons (Fsp3) is 0.706. The van der Waals surface area contributed by atoms with Gasteiger partial charge in [-0.05, 0) is 19.3 Å². The maximum absolute atomic E-state index is 6.25. The van der Waals surface area contributed by atoms with Crippen LogP contribution in [0.15, 0.2) is 24.0 Å². The molecule has 0 spiro atoms. The third-order valence-electron chi connectivity index (χ3n) is 3.49. The van der Waals surface area contributed by atoms with Crippen molar-refractivity contribution in [2.75, 3.05) is 6.54 Å². The van der Waals surface area contributed by atoms with Gasteiger partial charge in [-0.25, -0.2) is 0 Å². The van der Waals surface area contributed by atoms with Gasteiger partial charge in [-0.3, -0.25) is 4.90 Å². The fourth-order valence-corrected chi connectivity index (χ4v) is 2.43. The molecule has 0 aromatic rings. The summed E-state index contributed by atoms with van der Waals surface area (Å²) < 4.78 is 0. The fourth-order valence-electron chi connectivity index (χ4n) is 2.43. The van der Waals surface area contributed by atoms with Crippen LogP contribution in [0.1, 0.15) is 71.6 Å². The molecular formula is C17H30N2. The molecule has 1 N–H and O–H groups in total. The zero-order valence-corrected chi connectivity index (χ0v) is 12.8. The van der Waals surface area contributed by atoms with Crippen LogP contribution in [0.2, 0.25) is 0 Å². The van der Waals surface area contributed by atoms with Crippen LogP contribution in [0.4, 0.5) is 0 Å². The summed E-state index contributed by atoms with van der Waals surface area (Å²) in [6.45, 7) is 10.6. The number of nitrogens with zero attached hydrogens (tertiary/aromatic N) is 1. The Hall–Kier alpha value is -1.07. The summed E-state index contributed by atoms with van der Waals surface area (Å²) in [6, 6.07) is 0. The molecule has 108 valence electrons. The van der Waals surface area contributed by atoms with E-state index in [0.717, 1.165) is 0 Å². The highest BCUT2D eigenvalue weighted by molar-refractivity contribution is 5.17. The highest BCUT2D eigenvalue weighted by Crippen LogP contribution is 2.07. The van der Waals surface area contributed by atoms with Crippen LogP contribution in [0, 0.1) is 11.8 Å². The van der Waals surface area contributed by atoms with Gasteiger partial charge in [0.05, 0.1) is 12.7 Å². The average Bonchev–Trinajstić information content (AvgIpc) is 2.88. The van der Waals surface area contributed by atoms with Crippen molar-refractivity contribution in [1.82, 2.24) is 0 Å². The molecule has 0 aromatic carbocycles. The number of rotatable bonds is 10. The number of hydrogen-bond acceptors (Lipinski definition) is 1. The Morgan fingerprint density at radius 2 is 1.58 bits per heavy atom. The van der Waals surface area contributed by atoms with E-state index in [4.69, 9.17) is 11.8 Å². The second-order valence-corrected chi connectivity index (χ2v) is 5.25. The van der Waals surface area contributed by atoms with Gasteiger partial charge in [0, 0.05) is 11.6 Å². The highest BCUT2D eigenvalue weighted by atomic mass is 15.1. The number of hydrogen-bond donors (Lipinski definition) is 1. The summed E-state index contributed by atoms with van der Waals surface area (Å²) in [5, 5.41) is 6.25. The molecule has 1 heterocycles. The molecule has 2 heteroatoms. The first-order chi connectivity index (χ1) is 9.36. The van der Waals surface area contributed by atoms with Crippen LogP contribution >= 0.6 is 0 Å². The molecular weight excluding hydrogens is 232 g/mol. The minimum Gasteiger partial charge on any atom is -0.512 e. The van der Waals surface area contributed by atoms with Crippen molar-refractivity contribution in [1.29, 1.82) is 5.26 Å². The average molecular weight is 262 g/mol. The van der Waals surface area contributed by atoms with Crippen LogP contribution in [-0.4, -0.2) is 6.54 Å². The molecule has 19 heavy (non-hydrogen) atoms. The van der Waals surface area contributed by atoms with E-state index in [1.807, 2.05) is 0 Å². The SMILES string of the molecule is CCCCCCCCC[NH+]1C=CC(CCC)=C1.[C-]#N. The van der Waals surface area contributed by atoms with Gasteiger partial charge in [-0.1, -0.05) is 52.4 Å². The van der Waals surface area contributed by atoms with E-state index >= 15 is 0 Å². The Morgan fingerprint density at radius 3 is 2.21 bits per heavy atom. The maximum atomic E-state index is 6.25. The van der Waals surface area contributed by atoms with Crippen LogP contribution in [0.25, 0.3) is 0 Å². The molecule has 0 amide bonds. The summed E-state index contributed by atoms with van der Waals surface area (Å²) in [4.78, 5) is 1.56. The summed E-state index contributed by atoms with van der Waals surface area (Å²) in [6.07, 6.45) is 19.4. The van der Waals surface area contributed by atoms with Crippen molar-refractivity contribution >= 4 is 0 Å². The normalized spacial score (nSPS) is 16.8. The minimum atomic E-state index is 1.25. The second kappa shape index (κ2) is 13.4. The molecule has 1 aliphatic heterocycles. The Morgan fingerprint density at radius 1 is 0.947 bits per heavy atom. The van der Waals surface area contributed by atoms with E-state index in [9.17, 15) is 0 Å². The van der Waals surface area contributed by atoms with Gasteiger partial charge in [-0.2, -0.15) is 0 Å². The smallest absolute Gasteiger partial charge is 0.102 e. The largest absolute Gasteiger partial charge is 0.512 e. The first kappa shape index (κ1) is 17.9. The van der Waals surface area contributed by atoms with Crippen LogP contribution in [0.3, 0.4) is 0 Å². The van der Waals surface area contributed by atoms with Crippen LogP contribution < -0.4 is 4.90 Å². The monoisotopic (exact) mass is 262 g/mol. The van der Waals surface area contributed by atoms with Crippen LogP contribution in [-0.2, 0) is 0 Å². The van der Waals surface area contributed by atoms with Crippen molar-refractivity contribution in [3.05, 3.63) is 30.6 Å². The molecule has 0 bridgehead atoms. The topological polar surface area (TPSA) is 28.2 Å². The number of allylic oxidation sites excluding steroid dienone is 2. The van der Waals surface area contributed by atoms with Crippen molar-refractivity contribution < 1.29 is 4.90 Å². The summed E-state index contributed by atoms with van der Waals surface area (Å²) in [5.41, 5.74) is 1.53. The molecule has 0 saturated heterocycles. The molecule has 0 saturated carbocycles. The van der Waals surface area contributed by atoms with Gasteiger partial charge in [0.25, 0.3) is 0 Å². The quantitative estimate of drug-likeness (QED) is 0.469. The minimum absolute atomic E-state index is 1.25. The number of quaternary nitrogens is 1. The van der Waals surface area contributed by atoms with Gasteiger partial charge in [0.2, 0.25) is 0 Å². The number of nitrogens with one attached hydrogen (secondary N) is 1. The van der Waals surface area contributed by atoms with Crippen molar-refractivity contribution in [2.24, 2.45) is 0 Å². The zero-order chi connectivity index (χ0) is 14.3. The molecule has 0 aliphatic carbocycles. The Bertz CT molecular complexity index is 276. The highest BCUT2D eigenvalue weighted by Gasteiger charge is 2.09. The zero-order valence-electron chi connectivity index (χ0n) is 12.8. The Balaban J connectivity index is 0.00000154. The number of unbranched alkanes of at least 4 members (excludes halogenated alkanes) is 6. The van der Waals surface area contributed by atoms with E-state index in [0.29, 0.717) is 0 Å². The third-order valence-corrected chi connectivity index (χ3v) is 3.49. The maximum Gasteiger partial charge on any atom is 0.102 e. The van der Waals surface area contributed by atoms with Crippen molar-refractivity contribution in [3.8, 4) is 0 Å². The van der Waals surface area contributed by atoms with Gasteiger partial charge >= 0.3 is 0 Å². The molecule has 0 radical (unpaired) electrons. The first-order valence-corrected chi connectivity index (χ1v) is 7.83. The molecule has 2 nitrogen and oxygen atoms in total.